The van der Waals surface area contributed by atoms with E-state index in [9.17, 15) is 4.79 Å². The Morgan fingerprint density at radius 1 is 1.25 bits per heavy atom. The third-order valence-corrected chi connectivity index (χ3v) is 4.03. The van der Waals surface area contributed by atoms with E-state index in [1.54, 1.807) is 12.4 Å². The van der Waals surface area contributed by atoms with Gasteiger partial charge in [0.25, 0.3) is 5.91 Å². The first-order valence-corrected chi connectivity index (χ1v) is 6.99. The zero-order valence-electron chi connectivity index (χ0n) is 12.0. The van der Waals surface area contributed by atoms with Crippen molar-refractivity contribution in [3.05, 3.63) is 23.8 Å². The highest BCUT2D eigenvalue weighted by Gasteiger charge is 2.33. The van der Waals surface area contributed by atoms with Crippen molar-refractivity contribution >= 4 is 5.91 Å². The van der Waals surface area contributed by atoms with Gasteiger partial charge < -0.3 is 9.64 Å². The van der Waals surface area contributed by atoms with E-state index in [4.69, 9.17) is 4.74 Å². The summed E-state index contributed by atoms with van der Waals surface area (Å²) in [5.41, 5.74) is 1.25. The van der Waals surface area contributed by atoms with E-state index in [-0.39, 0.29) is 11.9 Å². The van der Waals surface area contributed by atoms with Crippen LogP contribution in [0.4, 0.5) is 0 Å². The number of fused-ring (bicyclic) bond motifs is 3. The molecule has 2 bridgehead atoms. The molecule has 0 aromatic carbocycles. The first-order chi connectivity index (χ1) is 9.63. The molecule has 2 atom stereocenters. The van der Waals surface area contributed by atoms with Crippen LogP contribution in [-0.2, 0) is 4.74 Å². The number of ether oxygens (including phenoxy) is 1. The molecule has 108 valence electrons. The molecule has 6 nitrogen and oxygen atoms in total. The van der Waals surface area contributed by atoms with Crippen LogP contribution in [0.15, 0.2) is 12.4 Å². The number of amides is 1. The lowest BCUT2D eigenvalue weighted by atomic mass is 10.1. The Bertz CT molecular complexity index is 490. The van der Waals surface area contributed by atoms with Gasteiger partial charge in [0.15, 0.2) is 0 Å². The summed E-state index contributed by atoms with van der Waals surface area (Å²) in [6, 6.07) is 0.268. The number of carbonyl (C=O) groups excluding carboxylic acids is 1. The van der Waals surface area contributed by atoms with Gasteiger partial charge in [-0.1, -0.05) is 0 Å². The summed E-state index contributed by atoms with van der Waals surface area (Å²) in [5.74, 6) is 0.347. The van der Waals surface area contributed by atoms with Crippen molar-refractivity contribution in [3.8, 4) is 0 Å². The molecule has 0 spiro atoms. The molecule has 3 heterocycles. The van der Waals surface area contributed by atoms with Crippen molar-refractivity contribution in [1.29, 1.82) is 0 Å². The fourth-order valence-electron chi connectivity index (χ4n) is 2.88. The summed E-state index contributed by atoms with van der Waals surface area (Å²) in [6.45, 7) is 5.69. The van der Waals surface area contributed by atoms with Gasteiger partial charge in [0.2, 0.25) is 0 Å². The van der Waals surface area contributed by atoms with Crippen LogP contribution in [0.1, 0.15) is 16.2 Å². The molecule has 1 amide bonds. The molecule has 2 saturated heterocycles. The van der Waals surface area contributed by atoms with Crippen molar-refractivity contribution in [1.82, 2.24) is 19.8 Å². The molecule has 0 radical (unpaired) electrons. The largest absolute Gasteiger partial charge is 0.379 e. The van der Waals surface area contributed by atoms with E-state index in [1.165, 1.54) is 0 Å². The number of hydrogen-bond acceptors (Lipinski definition) is 5. The molecule has 0 N–H and O–H groups in total. The summed E-state index contributed by atoms with van der Waals surface area (Å²) >= 11 is 0. The summed E-state index contributed by atoms with van der Waals surface area (Å²) in [7, 11) is 2.10. The molecular formula is C14H20N4O2. The molecule has 0 unspecified atom stereocenters. The van der Waals surface area contributed by atoms with Crippen molar-refractivity contribution < 1.29 is 9.53 Å². The number of hydrogen-bond donors (Lipinski definition) is 0. The lowest BCUT2D eigenvalue weighted by Gasteiger charge is -2.29. The summed E-state index contributed by atoms with van der Waals surface area (Å²) in [4.78, 5) is 25.1. The normalized spacial score (nSPS) is 27.2. The van der Waals surface area contributed by atoms with Gasteiger partial charge in [-0.2, -0.15) is 0 Å². The minimum atomic E-state index is -0.0234. The van der Waals surface area contributed by atoms with Crippen LogP contribution in [-0.4, -0.2) is 71.6 Å². The number of aryl methyl sites for hydroxylation is 1. The van der Waals surface area contributed by atoms with Crippen LogP contribution < -0.4 is 0 Å². The van der Waals surface area contributed by atoms with Gasteiger partial charge in [-0.25, -0.2) is 4.98 Å². The molecule has 20 heavy (non-hydrogen) atoms. The Kier molecular flexibility index (Phi) is 3.67. The van der Waals surface area contributed by atoms with Crippen molar-refractivity contribution in [2.45, 2.75) is 13.0 Å². The summed E-state index contributed by atoms with van der Waals surface area (Å²) in [5, 5.41) is 0. The fraction of sp³-hybridized carbons (Fsp3) is 0.643. The zero-order chi connectivity index (χ0) is 14.1. The number of nitrogens with zero attached hydrogens (tertiary/aromatic N) is 4. The van der Waals surface area contributed by atoms with Gasteiger partial charge in [0.1, 0.15) is 5.69 Å². The maximum absolute atomic E-state index is 12.6. The molecule has 6 heteroatoms. The van der Waals surface area contributed by atoms with Gasteiger partial charge in [0.05, 0.1) is 31.1 Å². The van der Waals surface area contributed by atoms with Crippen LogP contribution >= 0.6 is 0 Å². The highest BCUT2D eigenvalue weighted by molar-refractivity contribution is 5.92. The summed E-state index contributed by atoms with van der Waals surface area (Å²) < 4.78 is 5.67. The van der Waals surface area contributed by atoms with Crippen LogP contribution in [0.3, 0.4) is 0 Å². The standard InChI is InChI=1S/C14H20N4O2/c1-10-3-16-13(4-15-10)14(19)18-6-11-5-17(2)12(7-18)9-20-8-11/h3-4,11-12H,5-9H2,1-2H3/t11-,12+/m1/s1. The van der Waals surface area contributed by atoms with E-state index >= 15 is 0 Å². The number of carbonyl (C=O) groups is 1. The number of rotatable bonds is 1. The second kappa shape index (κ2) is 5.46. The van der Waals surface area contributed by atoms with Crippen molar-refractivity contribution in [3.63, 3.8) is 0 Å². The maximum Gasteiger partial charge on any atom is 0.274 e. The predicted molar refractivity (Wildman–Crippen MR) is 73.4 cm³/mol. The minimum absolute atomic E-state index is 0.0234. The highest BCUT2D eigenvalue weighted by Crippen LogP contribution is 2.19. The molecule has 2 fully saturated rings. The Hall–Kier alpha value is -1.53. The smallest absolute Gasteiger partial charge is 0.274 e. The van der Waals surface area contributed by atoms with E-state index in [0.717, 1.165) is 25.4 Å². The highest BCUT2D eigenvalue weighted by atomic mass is 16.5. The Morgan fingerprint density at radius 3 is 2.85 bits per heavy atom. The van der Waals surface area contributed by atoms with E-state index < -0.39 is 0 Å². The van der Waals surface area contributed by atoms with E-state index in [2.05, 4.69) is 21.9 Å². The van der Waals surface area contributed by atoms with Crippen LogP contribution in [0.2, 0.25) is 0 Å². The van der Waals surface area contributed by atoms with Gasteiger partial charge >= 0.3 is 0 Å². The third kappa shape index (κ3) is 2.66. The zero-order valence-corrected chi connectivity index (χ0v) is 12.0. The molecule has 2 aliphatic heterocycles. The average molecular weight is 276 g/mol. The number of aromatic nitrogens is 2. The summed E-state index contributed by atoms with van der Waals surface area (Å²) in [6.07, 6.45) is 3.21. The Labute approximate surface area is 118 Å². The predicted octanol–water partition coefficient (Wildman–Crippen LogP) is 0.188. The van der Waals surface area contributed by atoms with Gasteiger partial charge in [0, 0.05) is 31.7 Å². The van der Waals surface area contributed by atoms with Gasteiger partial charge in [-0.05, 0) is 14.0 Å². The van der Waals surface area contributed by atoms with Crippen molar-refractivity contribution in [2.24, 2.45) is 5.92 Å². The minimum Gasteiger partial charge on any atom is -0.379 e. The molecule has 0 saturated carbocycles. The first kappa shape index (κ1) is 13.5. The third-order valence-electron chi connectivity index (χ3n) is 4.03. The molecule has 0 aliphatic carbocycles. The molecular weight excluding hydrogens is 256 g/mol. The Balaban J connectivity index is 1.79. The topological polar surface area (TPSA) is 58.6 Å². The van der Waals surface area contributed by atoms with Gasteiger partial charge in [-0.15, -0.1) is 0 Å². The quantitative estimate of drug-likeness (QED) is 0.733. The maximum atomic E-state index is 12.6. The molecule has 2 aliphatic rings. The first-order valence-electron chi connectivity index (χ1n) is 6.99. The number of likely N-dealkylation sites (N-methyl/N-ethyl adjacent to an activating group) is 1. The fourth-order valence-corrected chi connectivity index (χ4v) is 2.88. The van der Waals surface area contributed by atoms with Gasteiger partial charge in [-0.3, -0.25) is 14.7 Å². The van der Waals surface area contributed by atoms with Crippen LogP contribution in [0.5, 0.6) is 0 Å². The average Bonchev–Trinajstić information content (AvgIpc) is 2.67. The second-order valence-electron chi connectivity index (χ2n) is 5.75. The SMILES string of the molecule is Cc1cnc(C(=O)N2C[C@@H]3COC[C@H](C2)N(C)C3)cn1. The monoisotopic (exact) mass is 276 g/mol. The lowest BCUT2D eigenvalue weighted by Crippen LogP contribution is -2.45. The molecule has 1 aromatic rings. The van der Waals surface area contributed by atoms with Crippen LogP contribution in [0.25, 0.3) is 0 Å². The second-order valence-corrected chi connectivity index (χ2v) is 5.75. The molecule has 3 rings (SSSR count). The van der Waals surface area contributed by atoms with E-state index in [0.29, 0.717) is 24.8 Å². The van der Waals surface area contributed by atoms with Crippen LogP contribution in [0, 0.1) is 12.8 Å². The Morgan fingerprint density at radius 2 is 2.10 bits per heavy atom. The lowest BCUT2D eigenvalue weighted by molar-refractivity contribution is 0.0430. The van der Waals surface area contributed by atoms with E-state index in [1.807, 2.05) is 11.8 Å². The molecule has 1 aromatic heterocycles. The van der Waals surface area contributed by atoms with Crippen molar-refractivity contribution in [2.75, 3.05) is 39.9 Å².